The van der Waals surface area contributed by atoms with Crippen LogP contribution in [0.5, 0.6) is 0 Å². The molecule has 2 heterocycles. The molecule has 8 nitrogen and oxygen atoms in total. The summed E-state index contributed by atoms with van der Waals surface area (Å²) in [6.07, 6.45) is -0.489. The quantitative estimate of drug-likeness (QED) is 0.511. The number of nitrogens with one attached hydrogen (secondary N) is 1. The number of carbonyl (C=O) groups is 3. The van der Waals surface area contributed by atoms with Gasteiger partial charge in [0, 0.05) is 20.0 Å². The molecule has 1 N–H and O–H groups in total. The zero-order valence-electron chi connectivity index (χ0n) is 22.3. The molecule has 10 heteroatoms. The molecule has 3 atom stereocenters. The predicted octanol–water partition coefficient (Wildman–Crippen LogP) is 3.71. The van der Waals surface area contributed by atoms with Gasteiger partial charge in [-0.1, -0.05) is 54.6 Å². The Kier molecular flexibility index (Phi) is 7.79. The second kappa shape index (κ2) is 11.4. The molecule has 0 radical (unpaired) electrons. The van der Waals surface area contributed by atoms with Crippen molar-refractivity contribution in [2.45, 2.75) is 38.1 Å². The third-order valence-corrected chi connectivity index (χ3v) is 7.54. The number of rotatable bonds is 6. The highest BCUT2D eigenvalue weighted by molar-refractivity contribution is 5.92. The maximum atomic E-state index is 14.0. The highest BCUT2D eigenvalue weighted by atomic mass is 19.1. The van der Waals surface area contributed by atoms with Crippen molar-refractivity contribution < 1.29 is 23.2 Å². The van der Waals surface area contributed by atoms with Crippen LogP contribution < -0.4 is 5.32 Å². The van der Waals surface area contributed by atoms with Gasteiger partial charge in [0.25, 0.3) is 0 Å². The summed E-state index contributed by atoms with van der Waals surface area (Å²) in [5.41, 5.74) is 2.34. The van der Waals surface area contributed by atoms with Gasteiger partial charge in [-0.2, -0.15) is 0 Å². The fourth-order valence-corrected chi connectivity index (χ4v) is 5.43. The maximum absolute atomic E-state index is 14.0. The van der Waals surface area contributed by atoms with E-state index in [2.05, 4.69) is 5.32 Å². The largest absolute Gasteiger partial charge is 0.334 e. The van der Waals surface area contributed by atoms with E-state index in [4.69, 9.17) is 0 Å². The first-order valence-corrected chi connectivity index (χ1v) is 13.2. The number of likely N-dealkylation sites (N-methyl/N-ethyl adjacent to an activating group) is 1. The van der Waals surface area contributed by atoms with Crippen LogP contribution in [0.2, 0.25) is 0 Å². The van der Waals surface area contributed by atoms with Crippen molar-refractivity contribution in [3.8, 4) is 0 Å². The van der Waals surface area contributed by atoms with Crippen molar-refractivity contribution in [1.29, 1.82) is 0 Å². The van der Waals surface area contributed by atoms with E-state index < -0.39 is 24.3 Å². The second-order valence-electron chi connectivity index (χ2n) is 10.2. The molecule has 2 unspecified atom stereocenters. The summed E-state index contributed by atoms with van der Waals surface area (Å²) >= 11 is 0. The maximum Gasteiger partial charge on any atom is 0.334 e. The number of carbonyl (C=O) groups excluding carboxylic acids is 3. The number of urea groups is 1. The highest BCUT2D eigenvalue weighted by Gasteiger charge is 2.51. The minimum atomic E-state index is -0.836. The number of benzene rings is 3. The Morgan fingerprint density at radius 3 is 2.20 bits per heavy atom. The summed E-state index contributed by atoms with van der Waals surface area (Å²) < 4.78 is 27.0. The van der Waals surface area contributed by atoms with E-state index in [0.717, 1.165) is 16.7 Å². The first-order chi connectivity index (χ1) is 19.2. The van der Waals surface area contributed by atoms with Crippen molar-refractivity contribution >= 4 is 17.8 Å². The van der Waals surface area contributed by atoms with E-state index >= 15 is 0 Å². The summed E-state index contributed by atoms with van der Waals surface area (Å²) in [5.74, 6) is -1.23. The number of hydrazine groups is 1. The molecule has 0 aliphatic carbocycles. The minimum absolute atomic E-state index is 0.0721. The number of hydrogen-bond acceptors (Lipinski definition) is 4. The molecule has 5 rings (SSSR count). The van der Waals surface area contributed by atoms with Gasteiger partial charge in [0.15, 0.2) is 0 Å². The molecule has 2 saturated heterocycles. The zero-order chi connectivity index (χ0) is 28.4. The van der Waals surface area contributed by atoms with Crippen molar-refractivity contribution in [3.63, 3.8) is 0 Å². The Morgan fingerprint density at radius 1 is 0.925 bits per heavy atom. The van der Waals surface area contributed by atoms with E-state index in [-0.39, 0.29) is 49.5 Å². The van der Waals surface area contributed by atoms with Gasteiger partial charge >= 0.3 is 6.03 Å². The van der Waals surface area contributed by atoms with Crippen LogP contribution >= 0.6 is 0 Å². The van der Waals surface area contributed by atoms with Gasteiger partial charge in [-0.15, -0.1) is 0 Å². The smallest absolute Gasteiger partial charge is 0.333 e. The molecule has 0 aromatic heterocycles. The van der Waals surface area contributed by atoms with Crippen LogP contribution in [0.15, 0.2) is 78.9 Å². The SMILES string of the molecule is CC(c1ccc(F)cc1)N1CC2N(C(=O)CN(C)N2C(=O)NCc2ccc(F)cc2)[C@@H](Cc2ccccc2)C1=O. The van der Waals surface area contributed by atoms with Gasteiger partial charge in [0.05, 0.1) is 19.1 Å². The van der Waals surface area contributed by atoms with Crippen molar-refractivity contribution in [1.82, 2.24) is 25.1 Å². The Bertz CT molecular complexity index is 1370. The molecular weight excluding hydrogens is 516 g/mol. The monoisotopic (exact) mass is 547 g/mol. The minimum Gasteiger partial charge on any atom is -0.333 e. The number of fused-ring (bicyclic) bond motifs is 1. The van der Waals surface area contributed by atoms with E-state index in [9.17, 15) is 23.2 Å². The predicted molar refractivity (Wildman–Crippen MR) is 144 cm³/mol. The van der Waals surface area contributed by atoms with Crippen LogP contribution in [0, 0.1) is 11.6 Å². The first kappa shape index (κ1) is 27.3. The van der Waals surface area contributed by atoms with E-state index in [1.165, 1.54) is 34.2 Å². The van der Waals surface area contributed by atoms with Gasteiger partial charge in [-0.3, -0.25) is 9.59 Å². The topological polar surface area (TPSA) is 76.2 Å². The molecule has 3 aromatic rings. The summed E-state index contributed by atoms with van der Waals surface area (Å²) in [5, 5.41) is 5.89. The molecule has 0 spiro atoms. The number of piperazine rings is 1. The van der Waals surface area contributed by atoms with Crippen LogP contribution in [0.1, 0.15) is 29.7 Å². The Morgan fingerprint density at radius 2 is 1.55 bits per heavy atom. The number of halogens is 2. The van der Waals surface area contributed by atoms with E-state index in [0.29, 0.717) is 0 Å². The lowest BCUT2D eigenvalue weighted by atomic mass is 9.96. The average molecular weight is 548 g/mol. The number of hydrogen-bond donors (Lipinski definition) is 1. The molecule has 0 bridgehead atoms. The van der Waals surface area contributed by atoms with Gasteiger partial charge in [0.2, 0.25) is 11.8 Å². The fraction of sp³-hybridized carbons (Fsp3) is 0.300. The molecule has 0 saturated carbocycles. The number of nitrogens with zero attached hydrogens (tertiary/aromatic N) is 4. The highest BCUT2D eigenvalue weighted by Crippen LogP contribution is 2.32. The van der Waals surface area contributed by atoms with Crippen LogP contribution in [-0.4, -0.2) is 70.0 Å². The van der Waals surface area contributed by atoms with Crippen LogP contribution in [0.4, 0.5) is 13.6 Å². The molecule has 4 amide bonds. The molecule has 2 fully saturated rings. The standard InChI is InChI=1S/C30H31F2N5O3/c1-20(23-10-14-25(32)15-11-23)35-18-27-36(26(29(35)39)16-21-6-4-3-5-7-21)28(38)19-34(2)37(27)30(40)33-17-22-8-12-24(31)13-9-22/h3-15,20,26-27H,16-19H2,1-2H3,(H,33,40)/t20?,26-,27?/m0/s1. The lowest BCUT2D eigenvalue weighted by Gasteiger charge is -2.55. The molecule has 208 valence electrons. The Labute approximate surface area is 231 Å². The lowest BCUT2D eigenvalue weighted by molar-refractivity contribution is -0.189. The molecule has 3 aromatic carbocycles. The molecule has 2 aliphatic rings. The van der Waals surface area contributed by atoms with Gasteiger partial charge < -0.3 is 15.1 Å². The van der Waals surface area contributed by atoms with Gasteiger partial charge in [-0.05, 0) is 47.9 Å². The zero-order valence-corrected chi connectivity index (χ0v) is 22.3. The summed E-state index contributed by atoms with van der Waals surface area (Å²) in [7, 11) is 1.66. The van der Waals surface area contributed by atoms with Crippen molar-refractivity contribution in [2.75, 3.05) is 20.1 Å². The normalized spacial score (nSPS) is 20.4. The van der Waals surface area contributed by atoms with Crippen LogP contribution in [-0.2, 0) is 22.6 Å². The third-order valence-electron chi connectivity index (χ3n) is 7.54. The number of amides is 4. The van der Waals surface area contributed by atoms with E-state index in [1.807, 2.05) is 37.3 Å². The molecule has 2 aliphatic heterocycles. The van der Waals surface area contributed by atoms with E-state index in [1.54, 1.807) is 41.2 Å². The van der Waals surface area contributed by atoms with Gasteiger partial charge in [-0.25, -0.2) is 23.6 Å². The summed E-state index contributed by atoms with van der Waals surface area (Å²) in [4.78, 5) is 44.2. The summed E-state index contributed by atoms with van der Waals surface area (Å²) in [6.45, 7) is 2.01. The van der Waals surface area contributed by atoms with Crippen LogP contribution in [0.3, 0.4) is 0 Å². The van der Waals surface area contributed by atoms with Gasteiger partial charge in [0.1, 0.15) is 23.8 Å². The van der Waals surface area contributed by atoms with Crippen molar-refractivity contribution in [2.24, 2.45) is 0 Å². The lowest BCUT2D eigenvalue weighted by Crippen LogP contribution is -2.76. The third kappa shape index (κ3) is 5.53. The fourth-order valence-electron chi connectivity index (χ4n) is 5.43. The summed E-state index contributed by atoms with van der Waals surface area (Å²) in [6, 6.07) is 19.5. The van der Waals surface area contributed by atoms with Crippen LogP contribution in [0.25, 0.3) is 0 Å². The van der Waals surface area contributed by atoms with Crippen molar-refractivity contribution in [3.05, 3.63) is 107 Å². The second-order valence-corrected chi connectivity index (χ2v) is 10.2. The average Bonchev–Trinajstić information content (AvgIpc) is 2.94. The Hall–Kier alpha value is -4.31. The Balaban J connectivity index is 1.47. The first-order valence-electron chi connectivity index (χ1n) is 13.2. The molecular formula is C30H31F2N5O3. The molecule has 40 heavy (non-hydrogen) atoms.